The van der Waals surface area contributed by atoms with Crippen LogP contribution in [0.2, 0.25) is 0 Å². The molecule has 0 bridgehead atoms. The third kappa shape index (κ3) is 14.3. The van der Waals surface area contributed by atoms with Gasteiger partial charge in [0, 0.05) is 12.8 Å². The number of rotatable bonds is 15. The third-order valence-electron chi connectivity index (χ3n) is 3.81. The average molecular weight is 328 g/mol. The van der Waals surface area contributed by atoms with Gasteiger partial charge in [0.1, 0.15) is 12.7 Å². The second-order valence-corrected chi connectivity index (χ2v) is 6.20. The highest BCUT2D eigenvalue weighted by molar-refractivity contribution is 5.70. The van der Waals surface area contributed by atoms with Crippen LogP contribution in [-0.2, 0) is 19.1 Å². The Morgan fingerprint density at radius 3 is 1.83 bits per heavy atom. The Kier molecular flexibility index (Phi) is 15.1. The van der Waals surface area contributed by atoms with Crippen molar-refractivity contribution in [1.29, 1.82) is 0 Å². The van der Waals surface area contributed by atoms with Gasteiger partial charge in [-0.15, -0.1) is 0 Å². The fourth-order valence-electron chi connectivity index (χ4n) is 2.39. The molecule has 0 aliphatic carbocycles. The minimum Gasteiger partial charge on any atom is -0.462 e. The Hall–Kier alpha value is -1.06. The molecule has 4 nitrogen and oxygen atoms in total. The monoisotopic (exact) mass is 328 g/mol. The fraction of sp³-hybridized carbons (Fsp3) is 0.895. The van der Waals surface area contributed by atoms with Crippen molar-refractivity contribution in [1.82, 2.24) is 0 Å². The molecule has 0 spiro atoms. The van der Waals surface area contributed by atoms with Gasteiger partial charge in [-0.3, -0.25) is 9.59 Å². The lowest BCUT2D eigenvalue weighted by Gasteiger charge is -2.17. The van der Waals surface area contributed by atoms with Gasteiger partial charge in [-0.1, -0.05) is 65.7 Å². The van der Waals surface area contributed by atoms with Crippen LogP contribution in [-0.4, -0.2) is 24.6 Å². The second kappa shape index (κ2) is 15.8. The first kappa shape index (κ1) is 21.9. The maximum atomic E-state index is 11.8. The molecule has 0 radical (unpaired) electrons. The molecule has 136 valence electrons. The van der Waals surface area contributed by atoms with Crippen molar-refractivity contribution in [3.63, 3.8) is 0 Å². The summed E-state index contributed by atoms with van der Waals surface area (Å²) in [5.74, 6) is -0.347. The molecule has 4 heteroatoms. The van der Waals surface area contributed by atoms with Crippen LogP contribution in [0.15, 0.2) is 0 Å². The molecule has 0 aromatic rings. The first-order chi connectivity index (χ1) is 11.1. The van der Waals surface area contributed by atoms with Crippen molar-refractivity contribution in [3.05, 3.63) is 0 Å². The number of esters is 2. The molecule has 0 aromatic carbocycles. The smallest absolute Gasteiger partial charge is 0.306 e. The molecule has 0 saturated carbocycles. The third-order valence-corrected chi connectivity index (χ3v) is 3.81. The highest BCUT2D eigenvalue weighted by Gasteiger charge is 2.16. The molecule has 0 rings (SSSR count). The number of unbranched alkanes of at least 4 members (excludes halogenated alkanes) is 6. The van der Waals surface area contributed by atoms with E-state index in [1.54, 1.807) is 0 Å². The topological polar surface area (TPSA) is 52.6 Å². The van der Waals surface area contributed by atoms with Gasteiger partial charge in [0.25, 0.3) is 0 Å². The van der Waals surface area contributed by atoms with Crippen molar-refractivity contribution >= 4 is 11.9 Å². The minimum absolute atomic E-state index is 0.168. The zero-order valence-corrected chi connectivity index (χ0v) is 15.4. The van der Waals surface area contributed by atoms with E-state index in [0.717, 1.165) is 64.2 Å². The molecule has 0 heterocycles. The lowest BCUT2D eigenvalue weighted by atomic mass is 10.1. The van der Waals surface area contributed by atoms with Crippen molar-refractivity contribution < 1.29 is 19.1 Å². The summed E-state index contributed by atoms with van der Waals surface area (Å²) >= 11 is 0. The molecule has 23 heavy (non-hydrogen) atoms. The molecular formula is C19H36O4. The van der Waals surface area contributed by atoms with Gasteiger partial charge in [-0.05, 0) is 19.3 Å². The van der Waals surface area contributed by atoms with Crippen LogP contribution in [0.3, 0.4) is 0 Å². The molecule has 0 amide bonds. The normalized spacial score (nSPS) is 12.0. The number of carbonyl (C=O) groups is 2. The summed E-state index contributed by atoms with van der Waals surface area (Å²) in [7, 11) is 0. The van der Waals surface area contributed by atoms with Crippen molar-refractivity contribution in [2.75, 3.05) is 6.61 Å². The van der Waals surface area contributed by atoms with Crippen LogP contribution < -0.4 is 0 Å². The molecule has 0 fully saturated rings. The van der Waals surface area contributed by atoms with Gasteiger partial charge >= 0.3 is 11.9 Å². The zero-order chi connectivity index (χ0) is 17.3. The van der Waals surface area contributed by atoms with Gasteiger partial charge < -0.3 is 9.47 Å². The molecule has 0 N–H and O–H groups in total. The molecule has 1 atom stereocenters. The van der Waals surface area contributed by atoms with E-state index in [0.29, 0.717) is 12.8 Å². The predicted octanol–water partition coefficient (Wildman–Crippen LogP) is 5.18. The highest BCUT2D eigenvalue weighted by atomic mass is 16.6. The second-order valence-electron chi connectivity index (χ2n) is 6.20. The standard InChI is InChI=1S/C19H36O4/c1-4-7-9-11-14-18(20)22-16-17(13-6-3)23-19(21)15-12-10-8-5-2/h17H,4-16H2,1-3H3. The van der Waals surface area contributed by atoms with E-state index in [1.165, 1.54) is 0 Å². The molecular weight excluding hydrogens is 292 g/mol. The summed E-state index contributed by atoms with van der Waals surface area (Å²) in [5, 5.41) is 0. The molecule has 0 aliphatic rings. The Balaban J connectivity index is 3.91. The van der Waals surface area contributed by atoms with Crippen molar-refractivity contribution in [2.24, 2.45) is 0 Å². The van der Waals surface area contributed by atoms with E-state index in [1.807, 2.05) is 6.92 Å². The number of ether oxygens (including phenoxy) is 2. The summed E-state index contributed by atoms with van der Waals surface area (Å²) in [5.41, 5.74) is 0. The van der Waals surface area contributed by atoms with Crippen LogP contribution in [0.1, 0.15) is 97.8 Å². The van der Waals surface area contributed by atoms with Gasteiger partial charge in [0.05, 0.1) is 0 Å². The number of hydrogen-bond donors (Lipinski definition) is 0. The van der Waals surface area contributed by atoms with E-state index in [9.17, 15) is 9.59 Å². The molecule has 0 aromatic heterocycles. The van der Waals surface area contributed by atoms with Gasteiger partial charge in [-0.2, -0.15) is 0 Å². The summed E-state index contributed by atoms with van der Waals surface area (Å²) in [6.45, 7) is 6.52. The molecule has 0 aliphatic heterocycles. The lowest BCUT2D eigenvalue weighted by molar-refractivity contribution is -0.159. The van der Waals surface area contributed by atoms with Crippen LogP contribution in [0.4, 0.5) is 0 Å². The van der Waals surface area contributed by atoms with Crippen molar-refractivity contribution in [3.8, 4) is 0 Å². The lowest BCUT2D eigenvalue weighted by Crippen LogP contribution is -2.25. The Bertz CT molecular complexity index is 302. The van der Waals surface area contributed by atoms with Crippen LogP contribution in [0.5, 0.6) is 0 Å². The number of carbonyl (C=O) groups excluding carboxylic acids is 2. The van der Waals surface area contributed by atoms with E-state index in [2.05, 4.69) is 13.8 Å². The largest absolute Gasteiger partial charge is 0.462 e. The first-order valence-corrected chi connectivity index (χ1v) is 9.49. The number of hydrogen-bond acceptors (Lipinski definition) is 4. The van der Waals surface area contributed by atoms with Crippen LogP contribution in [0.25, 0.3) is 0 Å². The van der Waals surface area contributed by atoms with Crippen molar-refractivity contribution in [2.45, 2.75) is 104 Å². The van der Waals surface area contributed by atoms with Gasteiger partial charge in [-0.25, -0.2) is 0 Å². The molecule has 0 saturated heterocycles. The minimum atomic E-state index is -0.293. The summed E-state index contributed by atoms with van der Waals surface area (Å²) in [4.78, 5) is 23.5. The first-order valence-electron chi connectivity index (χ1n) is 9.49. The van der Waals surface area contributed by atoms with E-state index < -0.39 is 0 Å². The summed E-state index contributed by atoms with van der Waals surface area (Å²) < 4.78 is 10.7. The Morgan fingerprint density at radius 1 is 0.739 bits per heavy atom. The SMILES string of the molecule is CCCCCCC(=O)OCC(CCC)OC(=O)CCCCCC. The zero-order valence-electron chi connectivity index (χ0n) is 15.4. The Labute approximate surface area is 142 Å². The van der Waals surface area contributed by atoms with E-state index in [4.69, 9.17) is 9.47 Å². The average Bonchev–Trinajstić information content (AvgIpc) is 2.53. The highest BCUT2D eigenvalue weighted by Crippen LogP contribution is 2.10. The van der Waals surface area contributed by atoms with Crippen LogP contribution in [0, 0.1) is 0 Å². The predicted molar refractivity (Wildman–Crippen MR) is 93.3 cm³/mol. The maximum Gasteiger partial charge on any atom is 0.306 e. The summed E-state index contributed by atoms with van der Waals surface area (Å²) in [6.07, 6.45) is 10.8. The quantitative estimate of drug-likeness (QED) is 0.307. The van der Waals surface area contributed by atoms with Gasteiger partial charge in [0.15, 0.2) is 0 Å². The van der Waals surface area contributed by atoms with Gasteiger partial charge in [0.2, 0.25) is 0 Å². The van der Waals surface area contributed by atoms with Crippen LogP contribution >= 0.6 is 0 Å². The maximum absolute atomic E-state index is 11.8. The van der Waals surface area contributed by atoms with E-state index >= 15 is 0 Å². The fourth-order valence-corrected chi connectivity index (χ4v) is 2.39. The Morgan fingerprint density at radius 2 is 1.30 bits per heavy atom. The summed E-state index contributed by atoms with van der Waals surface area (Å²) in [6, 6.07) is 0. The molecule has 1 unspecified atom stereocenters. The van der Waals surface area contributed by atoms with E-state index in [-0.39, 0.29) is 24.6 Å².